The van der Waals surface area contributed by atoms with Gasteiger partial charge in [0.05, 0.1) is 12.1 Å². The standard InChI is InChI=1S/C16H20N4/c1-3-10-19-16(17-4-2)20-12-14-8-5-7-13-9-6-11-18-15(13)14/h3,5-9,11H,1,4,10,12H2,2H3,(H2,17,19,20). The zero-order valence-corrected chi connectivity index (χ0v) is 11.8. The fraction of sp³-hybridized carbons (Fsp3) is 0.250. The van der Waals surface area contributed by atoms with Crippen LogP contribution in [0.25, 0.3) is 10.9 Å². The number of nitrogens with zero attached hydrogens (tertiary/aromatic N) is 2. The number of pyridine rings is 1. The van der Waals surface area contributed by atoms with Crippen LogP contribution in [0.15, 0.2) is 54.2 Å². The molecule has 0 saturated carbocycles. The molecule has 0 saturated heterocycles. The van der Waals surface area contributed by atoms with Crippen LogP contribution < -0.4 is 10.6 Å². The molecule has 2 aromatic rings. The molecule has 0 amide bonds. The summed E-state index contributed by atoms with van der Waals surface area (Å²) in [5.74, 6) is 0.792. The molecule has 2 rings (SSSR count). The summed E-state index contributed by atoms with van der Waals surface area (Å²) in [4.78, 5) is 9.02. The highest BCUT2D eigenvalue weighted by molar-refractivity contribution is 5.83. The second-order valence-corrected chi connectivity index (χ2v) is 4.36. The molecule has 0 radical (unpaired) electrons. The number of para-hydroxylation sites is 1. The fourth-order valence-corrected chi connectivity index (χ4v) is 1.97. The quantitative estimate of drug-likeness (QED) is 0.497. The Balaban J connectivity index is 2.19. The maximum atomic E-state index is 4.58. The second-order valence-electron chi connectivity index (χ2n) is 4.36. The molecule has 0 bridgehead atoms. The van der Waals surface area contributed by atoms with Gasteiger partial charge in [0.1, 0.15) is 0 Å². The first kappa shape index (κ1) is 14.1. The minimum atomic E-state index is 0.598. The molecule has 20 heavy (non-hydrogen) atoms. The van der Waals surface area contributed by atoms with Crippen LogP contribution in [-0.2, 0) is 6.54 Å². The van der Waals surface area contributed by atoms with E-state index < -0.39 is 0 Å². The Morgan fingerprint density at radius 2 is 2.15 bits per heavy atom. The lowest BCUT2D eigenvalue weighted by atomic mass is 10.1. The normalized spacial score (nSPS) is 11.3. The van der Waals surface area contributed by atoms with E-state index in [1.165, 1.54) is 0 Å². The number of rotatable bonds is 5. The predicted octanol–water partition coefficient (Wildman–Crippen LogP) is 2.48. The molecule has 4 heteroatoms. The SMILES string of the molecule is C=CCNC(=NCc1cccc2cccnc12)NCC. The number of guanidine groups is 1. The smallest absolute Gasteiger partial charge is 0.191 e. The minimum absolute atomic E-state index is 0.598. The molecule has 0 unspecified atom stereocenters. The van der Waals surface area contributed by atoms with Crippen molar-refractivity contribution in [3.63, 3.8) is 0 Å². The highest BCUT2D eigenvalue weighted by Crippen LogP contribution is 2.16. The summed E-state index contributed by atoms with van der Waals surface area (Å²) in [5, 5.41) is 7.54. The van der Waals surface area contributed by atoms with Gasteiger partial charge in [0.2, 0.25) is 0 Å². The van der Waals surface area contributed by atoms with E-state index >= 15 is 0 Å². The van der Waals surface area contributed by atoms with Gasteiger partial charge in [-0.05, 0) is 18.6 Å². The van der Waals surface area contributed by atoms with E-state index in [9.17, 15) is 0 Å². The van der Waals surface area contributed by atoms with Crippen molar-refractivity contribution in [2.45, 2.75) is 13.5 Å². The molecular formula is C16H20N4. The van der Waals surface area contributed by atoms with E-state index in [4.69, 9.17) is 0 Å². The predicted molar refractivity (Wildman–Crippen MR) is 84.8 cm³/mol. The molecule has 0 aliphatic rings. The largest absolute Gasteiger partial charge is 0.357 e. The van der Waals surface area contributed by atoms with Crippen molar-refractivity contribution < 1.29 is 0 Å². The van der Waals surface area contributed by atoms with Crippen molar-refractivity contribution in [1.29, 1.82) is 0 Å². The van der Waals surface area contributed by atoms with Crippen LogP contribution in [0.3, 0.4) is 0 Å². The number of aromatic nitrogens is 1. The van der Waals surface area contributed by atoms with Gasteiger partial charge in [-0.25, -0.2) is 4.99 Å². The average molecular weight is 268 g/mol. The molecule has 104 valence electrons. The molecule has 0 aliphatic carbocycles. The van der Waals surface area contributed by atoms with Crippen molar-refractivity contribution >= 4 is 16.9 Å². The Labute approximate surface area is 119 Å². The third kappa shape index (κ3) is 3.57. The van der Waals surface area contributed by atoms with Crippen LogP contribution >= 0.6 is 0 Å². The van der Waals surface area contributed by atoms with E-state index in [0.717, 1.165) is 29.0 Å². The van der Waals surface area contributed by atoms with E-state index in [-0.39, 0.29) is 0 Å². The van der Waals surface area contributed by atoms with Gasteiger partial charge in [-0.1, -0.05) is 30.3 Å². The zero-order chi connectivity index (χ0) is 14.2. The third-order valence-electron chi connectivity index (χ3n) is 2.88. The molecule has 1 aromatic carbocycles. The first-order valence-electron chi connectivity index (χ1n) is 6.81. The number of benzene rings is 1. The highest BCUT2D eigenvalue weighted by atomic mass is 15.2. The minimum Gasteiger partial charge on any atom is -0.357 e. The molecule has 0 aliphatic heterocycles. The Hall–Kier alpha value is -2.36. The van der Waals surface area contributed by atoms with Gasteiger partial charge >= 0.3 is 0 Å². The van der Waals surface area contributed by atoms with E-state index in [2.05, 4.69) is 45.4 Å². The first-order valence-corrected chi connectivity index (χ1v) is 6.81. The van der Waals surface area contributed by atoms with Crippen LogP contribution in [0.1, 0.15) is 12.5 Å². The van der Waals surface area contributed by atoms with Crippen molar-refractivity contribution in [2.75, 3.05) is 13.1 Å². The van der Waals surface area contributed by atoms with Crippen LogP contribution in [0.4, 0.5) is 0 Å². The van der Waals surface area contributed by atoms with Crippen molar-refractivity contribution in [3.05, 3.63) is 54.7 Å². The van der Waals surface area contributed by atoms with Gasteiger partial charge in [0, 0.05) is 24.7 Å². The maximum absolute atomic E-state index is 4.58. The highest BCUT2D eigenvalue weighted by Gasteiger charge is 2.01. The van der Waals surface area contributed by atoms with Gasteiger partial charge in [0.25, 0.3) is 0 Å². The molecule has 0 fully saturated rings. The van der Waals surface area contributed by atoms with Gasteiger partial charge in [-0.3, -0.25) is 4.98 Å². The van der Waals surface area contributed by atoms with Crippen molar-refractivity contribution in [2.24, 2.45) is 4.99 Å². The lowest BCUT2D eigenvalue weighted by molar-refractivity contribution is 0.861. The van der Waals surface area contributed by atoms with E-state index in [1.54, 1.807) is 0 Å². The van der Waals surface area contributed by atoms with Crippen LogP contribution in [0.5, 0.6) is 0 Å². The summed E-state index contributed by atoms with van der Waals surface area (Å²) in [5.41, 5.74) is 2.14. The molecule has 0 atom stereocenters. The average Bonchev–Trinajstić information content (AvgIpc) is 2.50. The van der Waals surface area contributed by atoms with Gasteiger partial charge in [-0.15, -0.1) is 6.58 Å². The molecule has 4 nitrogen and oxygen atoms in total. The molecular weight excluding hydrogens is 248 g/mol. The summed E-state index contributed by atoms with van der Waals surface area (Å²) >= 11 is 0. The Bertz CT molecular complexity index is 599. The van der Waals surface area contributed by atoms with Crippen LogP contribution in [0, 0.1) is 0 Å². The maximum Gasteiger partial charge on any atom is 0.191 e. The molecule has 1 aromatic heterocycles. The first-order chi connectivity index (χ1) is 9.85. The van der Waals surface area contributed by atoms with Crippen LogP contribution in [0.2, 0.25) is 0 Å². The monoisotopic (exact) mass is 268 g/mol. The summed E-state index contributed by atoms with van der Waals surface area (Å²) in [6.45, 7) is 7.87. The number of hydrogen-bond donors (Lipinski definition) is 2. The second kappa shape index (κ2) is 7.28. The third-order valence-corrected chi connectivity index (χ3v) is 2.88. The Kier molecular flexibility index (Phi) is 5.12. The number of fused-ring (bicyclic) bond motifs is 1. The van der Waals surface area contributed by atoms with Crippen molar-refractivity contribution in [1.82, 2.24) is 15.6 Å². The number of hydrogen-bond acceptors (Lipinski definition) is 2. The zero-order valence-electron chi connectivity index (χ0n) is 11.8. The molecule has 2 N–H and O–H groups in total. The van der Waals surface area contributed by atoms with E-state index in [0.29, 0.717) is 13.1 Å². The van der Waals surface area contributed by atoms with Crippen molar-refractivity contribution in [3.8, 4) is 0 Å². The Morgan fingerprint density at radius 1 is 1.30 bits per heavy atom. The van der Waals surface area contributed by atoms with Gasteiger partial charge in [-0.2, -0.15) is 0 Å². The summed E-state index contributed by atoms with van der Waals surface area (Å²) in [6, 6.07) is 10.2. The molecule has 1 heterocycles. The van der Waals surface area contributed by atoms with E-state index in [1.807, 2.05) is 31.3 Å². The lowest BCUT2D eigenvalue weighted by Crippen LogP contribution is -2.37. The number of nitrogens with one attached hydrogen (secondary N) is 2. The summed E-state index contributed by atoms with van der Waals surface area (Å²) in [6.07, 6.45) is 3.63. The number of aliphatic imine (C=N–C) groups is 1. The Morgan fingerprint density at radius 3 is 2.95 bits per heavy atom. The fourth-order valence-electron chi connectivity index (χ4n) is 1.97. The van der Waals surface area contributed by atoms with Gasteiger partial charge < -0.3 is 10.6 Å². The van der Waals surface area contributed by atoms with Gasteiger partial charge in [0.15, 0.2) is 5.96 Å². The van der Waals surface area contributed by atoms with Crippen LogP contribution in [-0.4, -0.2) is 24.0 Å². The summed E-state index contributed by atoms with van der Waals surface area (Å²) < 4.78 is 0. The summed E-state index contributed by atoms with van der Waals surface area (Å²) in [7, 11) is 0. The topological polar surface area (TPSA) is 49.3 Å². The lowest BCUT2D eigenvalue weighted by Gasteiger charge is -2.10. The molecule has 0 spiro atoms.